The SMILES string of the molecule is O=C(NCc1ccc2c(c1)OCCCO2)C1CNCCO1. The molecule has 1 amide bonds. The zero-order valence-corrected chi connectivity index (χ0v) is 11.9. The summed E-state index contributed by atoms with van der Waals surface area (Å²) in [7, 11) is 0. The third kappa shape index (κ3) is 3.65. The van der Waals surface area contributed by atoms with Gasteiger partial charge in [-0.3, -0.25) is 4.79 Å². The lowest BCUT2D eigenvalue weighted by Crippen LogP contribution is -2.47. The number of nitrogens with one attached hydrogen (secondary N) is 2. The van der Waals surface area contributed by atoms with E-state index in [0.29, 0.717) is 32.9 Å². The van der Waals surface area contributed by atoms with Gasteiger partial charge in [0.2, 0.25) is 0 Å². The van der Waals surface area contributed by atoms with Gasteiger partial charge in [-0.15, -0.1) is 0 Å². The van der Waals surface area contributed by atoms with Crippen LogP contribution in [0.5, 0.6) is 11.5 Å². The van der Waals surface area contributed by atoms with Gasteiger partial charge in [0.25, 0.3) is 5.91 Å². The molecule has 0 spiro atoms. The fraction of sp³-hybridized carbons (Fsp3) is 0.533. The Morgan fingerprint density at radius 2 is 2.10 bits per heavy atom. The van der Waals surface area contributed by atoms with Crippen LogP contribution in [0.3, 0.4) is 0 Å². The van der Waals surface area contributed by atoms with Crippen molar-refractivity contribution in [2.75, 3.05) is 32.9 Å². The van der Waals surface area contributed by atoms with E-state index in [1.807, 2.05) is 18.2 Å². The molecule has 6 heteroatoms. The lowest BCUT2D eigenvalue weighted by Gasteiger charge is -2.22. The molecule has 2 aliphatic heterocycles. The molecule has 0 saturated carbocycles. The smallest absolute Gasteiger partial charge is 0.250 e. The van der Waals surface area contributed by atoms with Crippen molar-refractivity contribution >= 4 is 5.91 Å². The molecule has 6 nitrogen and oxygen atoms in total. The number of hydrogen-bond donors (Lipinski definition) is 2. The molecule has 1 aromatic rings. The van der Waals surface area contributed by atoms with Crippen molar-refractivity contribution in [2.24, 2.45) is 0 Å². The molecular weight excluding hydrogens is 272 g/mol. The van der Waals surface area contributed by atoms with E-state index in [1.165, 1.54) is 0 Å². The molecule has 2 heterocycles. The monoisotopic (exact) mass is 292 g/mol. The van der Waals surface area contributed by atoms with Gasteiger partial charge in [0.05, 0.1) is 19.8 Å². The molecule has 1 atom stereocenters. The first-order valence-electron chi connectivity index (χ1n) is 7.31. The van der Waals surface area contributed by atoms with Gasteiger partial charge in [0.15, 0.2) is 11.5 Å². The fourth-order valence-electron chi connectivity index (χ4n) is 2.35. The van der Waals surface area contributed by atoms with E-state index in [-0.39, 0.29) is 5.91 Å². The molecule has 21 heavy (non-hydrogen) atoms. The van der Waals surface area contributed by atoms with Gasteiger partial charge in [-0.05, 0) is 17.7 Å². The summed E-state index contributed by atoms with van der Waals surface area (Å²) in [6.45, 7) is 3.72. The summed E-state index contributed by atoms with van der Waals surface area (Å²) >= 11 is 0. The normalized spacial score (nSPS) is 21.4. The van der Waals surface area contributed by atoms with E-state index >= 15 is 0 Å². The average molecular weight is 292 g/mol. The fourth-order valence-corrected chi connectivity index (χ4v) is 2.35. The van der Waals surface area contributed by atoms with Gasteiger partial charge >= 0.3 is 0 Å². The molecule has 0 aliphatic carbocycles. The Bertz CT molecular complexity index is 500. The predicted octanol–water partition coefficient (Wildman–Crippen LogP) is 0.452. The van der Waals surface area contributed by atoms with Crippen molar-refractivity contribution in [2.45, 2.75) is 19.1 Å². The van der Waals surface area contributed by atoms with Gasteiger partial charge < -0.3 is 24.8 Å². The Morgan fingerprint density at radius 1 is 1.24 bits per heavy atom. The molecule has 114 valence electrons. The van der Waals surface area contributed by atoms with Crippen molar-refractivity contribution in [3.05, 3.63) is 23.8 Å². The van der Waals surface area contributed by atoms with E-state index < -0.39 is 6.10 Å². The van der Waals surface area contributed by atoms with Crippen LogP contribution >= 0.6 is 0 Å². The summed E-state index contributed by atoms with van der Waals surface area (Å²) in [5.41, 5.74) is 0.983. The quantitative estimate of drug-likeness (QED) is 0.847. The number of carbonyl (C=O) groups excluding carboxylic acids is 1. The number of benzene rings is 1. The Balaban J connectivity index is 1.57. The van der Waals surface area contributed by atoms with Crippen LogP contribution in [0, 0.1) is 0 Å². The highest BCUT2D eigenvalue weighted by Gasteiger charge is 2.21. The van der Waals surface area contributed by atoms with Gasteiger partial charge in [-0.2, -0.15) is 0 Å². The van der Waals surface area contributed by atoms with Crippen LogP contribution in [0.1, 0.15) is 12.0 Å². The van der Waals surface area contributed by atoms with Crippen LogP contribution in [0.25, 0.3) is 0 Å². The number of fused-ring (bicyclic) bond motifs is 1. The van der Waals surface area contributed by atoms with E-state index in [2.05, 4.69) is 10.6 Å². The van der Waals surface area contributed by atoms with Crippen molar-refractivity contribution < 1.29 is 19.0 Å². The van der Waals surface area contributed by atoms with Crippen LogP contribution in [-0.4, -0.2) is 44.9 Å². The van der Waals surface area contributed by atoms with Crippen molar-refractivity contribution in [3.63, 3.8) is 0 Å². The number of carbonyl (C=O) groups is 1. The summed E-state index contributed by atoms with van der Waals surface area (Å²) in [5, 5.41) is 6.03. The second-order valence-corrected chi connectivity index (χ2v) is 5.11. The molecule has 1 unspecified atom stereocenters. The van der Waals surface area contributed by atoms with Gasteiger partial charge in [0.1, 0.15) is 6.10 Å². The second-order valence-electron chi connectivity index (χ2n) is 5.11. The Hall–Kier alpha value is -1.79. The number of ether oxygens (including phenoxy) is 3. The third-order valence-corrected chi connectivity index (χ3v) is 3.50. The molecular formula is C15H20N2O4. The van der Waals surface area contributed by atoms with Gasteiger partial charge in [-0.25, -0.2) is 0 Å². The first-order chi connectivity index (χ1) is 10.3. The predicted molar refractivity (Wildman–Crippen MR) is 76.5 cm³/mol. The third-order valence-electron chi connectivity index (χ3n) is 3.50. The zero-order chi connectivity index (χ0) is 14.5. The molecule has 0 radical (unpaired) electrons. The molecule has 0 bridgehead atoms. The van der Waals surface area contributed by atoms with Crippen LogP contribution in [0.4, 0.5) is 0 Å². The van der Waals surface area contributed by atoms with Gasteiger partial charge in [-0.1, -0.05) is 6.07 Å². The second kappa shape index (κ2) is 6.78. The summed E-state index contributed by atoms with van der Waals surface area (Å²) in [6.07, 6.45) is 0.478. The first-order valence-corrected chi connectivity index (χ1v) is 7.31. The lowest BCUT2D eigenvalue weighted by atomic mass is 10.2. The number of rotatable bonds is 3. The molecule has 2 aliphatic rings. The van der Waals surface area contributed by atoms with Gasteiger partial charge in [0, 0.05) is 26.1 Å². The maximum absolute atomic E-state index is 12.0. The highest BCUT2D eigenvalue weighted by Crippen LogP contribution is 2.30. The lowest BCUT2D eigenvalue weighted by molar-refractivity contribution is -0.134. The standard InChI is InChI=1S/C15H20N2O4/c18-15(14-10-16-4-7-21-14)17-9-11-2-3-12-13(8-11)20-6-1-5-19-12/h2-3,8,14,16H,1,4-7,9-10H2,(H,17,18). The van der Waals surface area contributed by atoms with E-state index in [9.17, 15) is 4.79 Å². The summed E-state index contributed by atoms with van der Waals surface area (Å²) in [6, 6.07) is 5.75. The number of amides is 1. The zero-order valence-electron chi connectivity index (χ0n) is 11.9. The number of morpholine rings is 1. The van der Waals surface area contributed by atoms with Crippen LogP contribution in [-0.2, 0) is 16.1 Å². The molecule has 0 aromatic heterocycles. The highest BCUT2D eigenvalue weighted by molar-refractivity contribution is 5.81. The first kappa shape index (κ1) is 14.2. The van der Waals surface area contributed by atoms with Crippen molar-refractivity contribution in [1.29, 1.82) is 0 Å². The largest absolute Gasteiger partial charge is 0.490 e. The Morgan fingerprint density at radius 3 is 2.90 bits per heavy atom. The minimum Gasteiger partial charge on any atom is -0.490 e. The van der Waals surface area contributed by atoms with E-state index in [0.717, 1.165) is 30.0 Å². The minimum atomic E-state index is -0.404. The average Bonchev–Trinajstić information content (AvgIpc) is 2.78. The Kier molecular flexibility index (Phi) is 4.57. The number of hydrogen-bond acceptors (Lipinski definition) is 5. The molecule has 1 saturated heterocycles. The maximum Gasteiger partial charge on any atom is 0.250 e. The van der Waals surface area contributed by atoms with E-state index in [1.54, 1.807) is 0 Å². The maximum atomic E-state index is 12.0. The summed E-state index contributed by atoms with van der Waals surface area (Å²) in [5.74, 6) is 1.42. The summed E-state index contributed by atoms with van der Waals surface area (Å²) < 4.78 is 16.6. The van der Waals surface area contributed by atoms with Crippen molar-refractivity contribution in [3.8, 4) is 11.5 Å². The molecule has 3 rings (SSSR count). The highest BCUT2D eigenvalue weighted by atomic mass is 16.5. The van der Waals surface area contributed by atoms with Crippen LogP contribution in [0.2, 0.25) is 0 Å². The Labute approximate surface area is 123 Å². The molecule has 2 N–H and O–H groups in total. The van der Waals surface area contributed by atoms with Crippen LogP contribution in [0.15, 0.2) is 18.2 Å². The summed E-state index contributed by atoms with van der Waals surface area (Å²) in [4.78, 5) is 12.0. The molecule has 1 fully saturated rings. The van der Waals surface area contributed by atoms with Crippen LogP contribution < -0.4 is 20.1 Å². The van der Waals surface area contributed by atoms with E-state index in [4.69, 9.17) is 14.2 Å². The van der Waals surface area contributed by atoms with Crippen molar-refractivity contribution in [1.82, 2.24) is 10.6 Å². The topological polar surface area (TPSA) is 68.8 Å². The molecule has 1 aromatic carbocycles. The minimum absolute atomic E-state index is 0.0886.